The summed E-state index contributed by atoms with van der Waals surface area (Å²) < 4.78 is 6.69. The van der Waals surface area contributed by atoms with Crippen LogP contribution in [0.2, 0.25) is 5.02 Å². The van der Waals surface area contributed by atoms with Gasteiger partial charge in [0.15, 0.2) is 0 Å². The van der Waals surface area contributed by atoms with Crippen molar-refractivity contribution in [3.05, 3.63) is 84.9 Å². The van der Waals surface area contributed by atoms with Crippen LogP contribution in [0.5, 0.6) is 0 Å². The van der Waals surface area contributed by atoms with E-state index in [0.717, 1.165) is 0 Å². The first kappa shape index (κ1) is 30.5. The van der Waals surface area contributed by atoms with Crippen molar-refractivity contribution >= 4 is 56.6 Å². The van der Waals surface area contributed by atoms with Crippen molar-refractivity contribution in [1.82, 2.24) is 4.90 Å². The van der Waals surface area contributed by atoms with Crippen LogP contribution < -0.4 is 9.80 Å². The summed E-state index contributed by atoms with van der Waals surface area (Å²) in [5.74, 6) is -2.79. The summed E-state index contributed by atoms with van der Waals surface area (Å²) >= 11 is 10.3. The molecule has 5 rings (SSSR count). The summed E-state index contributed by atoms with van der Waals surface area (Å²) in [5, 5.41) is 10.8. The highest BCUT2D eigenvalue weighted by atomic mass is 79.9. The van der Waals surface area contributed by atoms with Gasteiger partial charge in [-0.1, -0.05) is 76.9 Å². The number of rotatable bonds is 11. The second-order valence-corrected chi connectivity index (χ2v) is 12.5. The molecule has 1 spiro atoms. The van der Waals surface area contributed by atoms with E-state index in [4.69, 9.17) is 16.3 Å². The molecule has 3 saturated heterocycles. The highest BCUT2D eigenvalue weighted by Gasteiger charge is 2.77. The lowest BCUT2D eigenvalue weighted by molar-refractivity contribution is -0.144. The Balaban J connectivity index is 1.63. The van der Waals surface area contributed by atoms with Gasteiger partial charge in [-0.05, 0) is 37.1 Å². The quantitative estimate of drug-likeness (QED) is 0.282. The van der Waals surface area contributed by atoms with Gasteiger partial charge in [-0.3, -0.25) is 14.4 Å². The maximum atomic E-state index is 14.7. The number of amides is 3. The third-order valence-electron chi connectivity index (χ3n) is 8.69. The van der Waals surface area contributed by atoms with Gasteiger partial charge in [0, 0.05) is 23.6 Å². The van der Waals surface area contributed by atoms with Crippen LogP contribution in [0.4, 0.5) is 11.4 Å². The molecule has 0 saturated carbocycles. The fourth-order valence-corrected chi connectivity index (χ4v) is 8.11. The molecular weight excluding hydrogens is 622 g/mol. The minimum Gasteiger partial charge on any atom is -0.394 e. The molecule has 2 bridgehead atoms. The van der Waals surface area contributed by atoms with Crippen LogP contribution in [-0.4, -0.2) is 76.0 Å². The molecule has 42 heavy (non-hydrogen) atoms. The molecule has 3 unspecified atom stereocenters. The predicted octanol–water partition coefficient (Wildman–Crippen LogP) is 4.60. The minimum absolute atomic E-state index is 0.141. The molecular formula is C32H35BrClN3O5. The number of alkyl halides is 1. The molecule has 8 nitrogen and oxygen atoms in total. The second kappa shape index (κ2) is 12.3. The van der Waals surface area contributed by atoms with Gasteiger partial charge in [-0.25, -0.2) is 0 Å². The molecule has 0 aromatic heterocycles. The maximum absolute atomic E-state index is 14.7. The predicted molar refractivity (Wildman–Crippen MR) is 167 cm³/mol. The van der Waals surface area contributed by atoms with Crippen molar-refractivity contribution in [1.29, 1.82) is 0 Å². The van der Waals surface area contributed by atoms with Gasteiger partial charge in [-0.15, -0.1) is 13.2 Å². The van der Waals surface area contributed by atoms with E-state index in [2.05, 4.69) is 29.1 Å². The summed E-state index contributed by atoms with van der Waals surface area (Å²) in [6, 6.07) is 14.5. The molecule has 0 radical (unpaired) electrons. The number of fused-ring (bicyclic) bond motifs is 1. The first-order valence-corrected chi connectivity index (χ1v) is 15.4. The fraction of sp³-hybridized carbons (Fsp3) is 0.406. The fourth-order valence-electron chi connectivity index (χ4n) is 6.93. The number of benzene rings is 2. The highest BCUT2D eigenvalue weighted by Crippen LogP contribution is 2.61. The topological polar surface area (TPSA) is 90.4 Å². The maximum Gasteiger partial charge on any atom is 0.253 e. The zero-order valence-corrected chi connectivity index (χ0v) is 25.8. The molecule has 3 aliphatic heterocycles. The SMILES string of the molecule is C=CCN(C(=O)[C@H]1[C@@H]2OC3(CC2Br)C(C(=O)N(CC=C)c2ccccc2Cl)N([C@@H](CC)CO)C(=O)[C@H]13)c1ccccc1. The minimum atomic E-state index is -1.28. The molecule has 3 fully saturated rings. The van der Waals surface area contributed by atoms with Crippen LogP contribution in [0.3, 0.4) is 0 Å². The number of aliphatic hydroxyl groups excluding tert-OH is 1. The van der Waals surface area contributed by atoms with Crippen molar-refractivity contribution < 1.29 is 24.2 Å². The van der Waals surface area contributed by atoms with Crippen LogP contribution in [0.1, 0.15) is 19.8 Å². The van der Waals surface area contributed by atoms with E-state index in [1.54, 1.807) is 41.3 Å². The van der Waals surface area contributed by atoms with E-state index in [1.165, 1.54) is 9.80 Å². The van der Waals surface area contributed by atoms with Crippen LogP contribution >= 0.6 is 27.5 Å². The second-order valence-electron chi connectivity index (χ2n) is 10.9. The van der Waals surface area contributed by atoms with Gasteiger partial charge in [-0.2, -0.15) is 0 Å². The Hall–Kier alpha value is -2.98. The molecule has 2 aromatic carbocycles. The molecule has 3 heterocycles. The lowest BCUT2D eigenvalue weighted by Crippen LogP contribution is -2.59. The van der Waals surface area contributed by atoms with E-state index in [9.17, 15) is 19.5 Å². The van der Waals surface area contributed by atoms with Gasteiger partial charge in [0.2, 0.25) is 11.8 Å². The summed E-state index contributed by atoms with van der Waals surface area (Å²) in [6.07, 6.45) is 3.38. The Bertz CT molecular complexity index is 1370. The number of nitrogens with zero attached hydrogens (tertiary/aromatic N) is 3. The number of carbonyl (C=O) groups is 3. The van der Waals surface area contributed by atoms with E-state index in [0.29, 0.717) is 29.2 Å². The van der Waals surface area contributed by atoms with Crippen molar-refractivity contribution in [3.63, 3.8) is 0 Å². The number of hydrogen-bond acceptors (Lipinski definition) is 5. The van der Waals surface area contributed by atoms with Crippen LogP contribution in [0.25, 0.3) is 0 Å². The first-order chi connectivity index (χ1) is 20.2. The molecule has 10 heteroatoms. The van der Waals surface area contributed by atoms with Crippen LogP contribution in [0.15, 0.2) is 79.9 Å². The molecule has 3 aliphatic rings. The monoisotopic (exact) mass is 655 g/mol. The van der Waals surface area contributed by atoms with Crippen LogP contribution in [0, 0.1) is 11.8 Å². The normalized spacial score (nSPS) is 28.3. The lowest BCUT2D eigenvalue weighted by Gasteiger charge is -2.39. The number of ether oxygens (including phenoxy) is 1. The summed E-state index contributed by atoms with van der Waals surface area (Å²) in [6.45, 7) is 9.57. The Morgan fingerprint density at radius 1 is 1.12 bits per heavy atom. The average molecular weight is 657 g/mol. The zero-order chi connectivity index (χ0) is 30.2. The smallest absolute Gasteiger partial charge is 0.253 e. The van der Waals surface area contributed by atoms with Crippen molar-refractivity contribution in [2.45, 2.75) is 48.4 Å². The number of carbonyl (C=O) groups excluding carboxylic acids is 3. The molecule has 0 aliphatic carbocycles. The number of para-hydroxylation sites is 2. The van der Waals surface area contributed by atoms with E-state index < -0.39 is 41.5 Å². The Morgan fingerprint density at radius 3 is 2.38 bits per heavy atom. The largest absolute Gasteiger partial charge is 0.394 e. The van der Waals surface area contributed by atoms with Crippen molar-refractivity contribution in [2.24, 2.45) is 11.8 Å². The standard InChI is InChI=1S/C32H35BrClN3O5/c1-4-16-35(21-12-8-7-9-13-21)29(39)25-26-30(40)37(20(6-3)19-38)28(32(26)18-22(33)27(25)42-32)31(41)36(17-5-2)24-15-11-10-14-23(24)34/h4-5,7-15,20,22,25-28,38H,1-2,6,16-19H2,3H3/t20-,22?,25+,26-,27+,28?,32?/m0/s1. The Labute approximate surface area is 259 Å². The molecule has 2 aromatic rings. The third-order valence-corrected chi connectivity index (χ3v) is 9.85. The van der Waals surface area contributed by atoms with E-state index in [-0.39, 0.29) is 36.3 Å². The Kier molecular flexibility index (Phi) is 8.94. The first-order valence-electron chi connectivity index (χ1n) is 14.1. The number of aliphatic hydroxyl groups is 1. The molecule has 1 N–H and O–H groups in total. The number of hydrogen-bond donors (Lipinski definition) is 1. The highest BCUT2D eigenvalue weighted by molar-refractivity contribution is 9.09. The molecule has 7 atom stereocenters. The van der Waals surface area contributed by atoms with Crippen LogP contribution in [-0.2, 0) is 19.1 Å². The van der Waals surface area contributed by atoms with Crippen molar-refractivity contribution in [3.8, 4) is 0 Å². The van der Waals surface area contributed by atoms with E-state index in [1.807, 2.05) is 37.3 Å². The molecule has 3 amide bonds. The summed E-state index contributed by atoms with van der Waals surface area (Å²) in [7, 11) is 0. The van der Waals surface area contributed by atoms with Gasteiger partial charge in [0.25, 0.3) is 5.91 Å². The number of anilines is 2. The Morgan fingerprint density at radius 2 is 1.76 bits per heavy atom. The van der Waals surface area contributed by atoms with Gasteiger partial charge < -0.3 is 24.5 Å². The van der Waals surface area contributed by atoms with Gasteiger partial charge >= 0.3 is 0 Å². The zero-order valence-electron chi connectivity index (χ0n) is 23.4. The summed E-state index contributed by atoms with van der Waals surface area (Å²) in [5.41, 5.74) is -0.129. The summed E-state index contributed by atoms with van der Waals surface area (Å²) in [4.78, 5) is 47.9. The van der Waals surface area contributed by atoms with Gasteiger partial charge in [0.05, 0.1) is 41.3 Å². The molecule has 222 valence electrons. The lowest BCUT2D eigenvalue weighted by atomic mass is 9.70. The number of halogens is 2. The van der Waals surface area contributed by atoms with Gasteiger partial charge in [0.1, 0.15) is 11.6 Å². The third kappa shape index (κ3) is 4.80. The van der Waals surface area contributed by atoms with E-state index >= 15 is 0 Å². The number of likely N-dealkylation sites (tertiary alicyclic amines) is 1. The average Bonchev–Trinajstić information content (AvgIpc) is 3.59. The van der Waals surface area contributed by atoms with Crippen molar-refractivity contribution in [2.75, 3.05) is 29.5 Å².